The zero-order valence-corrected chi connectivity index (χ0v) is 6.66. The highest BCUT2D eigenvalue weighted by atomic mass is 16.6. The average Bonchev–Trinajstić information content (AvgIpc) is 2.83. The second-order valence-corrected chi connectivity index (χ2v) is 3.39. The maximum atomic E-state index is 10.2. The Morgan fingerprint density at radius 3 is 1.62 bits per heavy atom. The van der Waals surface area contributed by atoms with Gasteiger partial charge in [-0.2, -0.15) is 0 Å². The maximum absolute atomic E-state index is 10.2. The smallest absolute Gasteiger partial charge is 0.241 e. The molecule has 0 heterocycles. The summed E-state index contributed by atoms with van der Waals surface area (Å²) < 4.78 is 5.14. The van der Waals surface area contributed by atoms with Crippen LogP contribution in [0.5, 0.6) is 0 Å². The minimum absolute atomic E-state index is 0.384. The molecular formula is C6H8N2O5. The van der Waals surface area contributed by atoms with Crippen molar-refractivity contribution < 1.29 is 14.6 Å². The van der Waals surface area contributed by atoms with Gasteiger partial charge in [0.25, 0.3) is 0 Å². The monoisotopic (exact) mass is 188 g/mol. The summed E-state index contributed by atoms with van der Waals surface area (Å²) in [6, 6.07) is -1.26. The van der Waals surface area contributed by atoms with Crippen LogP contribution in [-0.4, -0.2) is 34.1 Å². The summed E-state index contributed by atoms with van der Waals surface area (Å²) in [7, 11) is 0. The fourth-order valence-electron chi connectivity index (χ4n) is 1.28. The quantitative estimate of drug-likeness (QED) is 0.451. The van der Waals surface area contributed by atoms with E-state index in [1.165, 1.54) is 0 Å². The van der Waals surface area contributed by atoms with E-state index < -0.39 is 21.9 Å². The molecule has 7 nitrogen and oxygen atoms in total. The predicted octanol–water partition coefficient (Wildman–Crippen LogP) is -0.162. The van der Waals surface area contributed by atoms with E-state index in [0.29, 0.717) is 12.8 Å². The van der Waals surface area contributed by atoms with Gasteiger partial charge in [-0.05, 0) is 0 Å². The number of hydrogen-bond donors (Lipinski definition) is 0. The van der Waals surface area contributed by atoms with Crippen molar-refractivity contribution in [2.75, 3.05) is 0 Å². The van der Waals surface area contributed by atoms with E-state index in [9.17, 15) is 20.2 Å². The first-order valence-corrected chi connectivity index (χ1v) is 4.02. The number of nitrogens with zero attached hydrogens (tertiary/aromatic N) is 2. The topological polar surface area (TPSA) is 95.5 Å². The molecule has 0 amide bonds. The van der Waals surface area contributed by atoms with Crippen LogP contribution in [0.2, 0.25) is 0 Å². The summed E-state index contributed by atoms with van der Waals surface area (Å²) in [5.41, 5.74) is 0. The molecule has 2 aliphatic rings. The van der Waals surface area contributed by atoms with Gasteiger partial charge >= 0.3 is 0 Å². The Labute approximate surface area is 73.0 Å². The van der Waals surface area contributed by atoms with Crippen LogP contribution in [0.1, 0.15) is 12.8 Å². The first kappa shape index (κ1) is 8.36. The molecule has 2 rings (SSSR count). The van der Waals surface area contributed by atoms with Crippen LogP contribution >= 0.6 is 0 Å². The van der Waals surface area contributed by atoms with Gasteiger partial charge in [0.2, 0.25) is 12.1 Å². The molecule has 2 fully saturated rings. The van der Waals surface area contributed by atoms with Crippen LogP contribution in [0.15, 0.2) is 0 Å². The Morgan fingerprint density at radius 2 is 1.38 bits per heavy atom. The molecule has 0 spiro atoms. The van der Waals surface area contributed by atoms with E-state index in [0.717, 1.165) is 0 Å². The molecular weight excluding hydrogens is 180 g/mol. The fourth-order valence-corrected chi connectivity index (χ4v) is 1.28. The van der Waals surface area contributed by atoms with Gasteiger partial charge < -0.3 is 4.74 Å². The number of rotatable bonds is 4. The van der Waals surface area contributed by atoms with Crippen LogP contribution in [-0.2, 0) is 4.74 Å². The van der Waals surface area contributed by atoms with E-state index in [1.807, 2.05) is 0 Å². The standard InChI is InChI=1S/C6H8N2O5/c9-7(10)3-1-5(3)13-6-2-4(6)8(11)12/h3-6H,1-2H2. The molecule has 0 aromatic rings. The fraction of sp³-hybridized carbons (Fsp3) is 1.00. The van der Waals surface area contributed by atoms with Crippen molar-refractivity contribution in [1.29, 1.82) is 0 Å². The maximum Gasteiger partial charge on any atom is 0.241 e. The third kappa shape index (κ3) is 1.59. The van der Waals surface area contributed by atoms with Gasteiger partial charge in [0, 0.05) is 9.85 Å². The van der Waals surface area contributed by atoms with Crippen LogP contribution in [0.3, 0.4) is 0 Å². The molecule has 0 aromatic heterocycles. The SMILES string of the molecule is O=[N+]([O-])C1CC1OC1CC1[N+](=O)[O-]. The third-order valence-corrected chi connectivity index (χ3v) is 2.29. The van der Waals surface area contributed by atoms with Gasteiger partial charge in [0.15, 0.2) is 0 Å². The lowest BCUT2D eigenvalue weighted by atomic mass is 10.7. The number of ether oxygens (including phenoxy) is 1. The molecule has 13 heavy (non-hydrogen) atoms. The Morgan fingerprint density at radius 1 is 1.00 bits per heavy atom. The van der Waals surface area contributed by atoms with Crippen molar-refractivity contribution >= 4 is 0 Å². The van der Waals surface area contributed by atoms with Gasteiger partial charge in [0.05, 0.1) is 12.8 Å². The lowest BCUT2D eigenvalue weighted by Gasteiger charge is -1.95. The van der Waals surface area contributed by atoms with Crippen molar-refractivity contribution in [2.45, 2.75) is 37.1 Å². The Kier molecular flexibility index (Phi) is 1.69. The van der Waals surface area contributed by atoms with Crippen LogP contribution in [0, 0.1) is 20.2 Å². The first-order valence-electron chi connectivity index (χ1n) is 4.02. The van der Waals surface area contributed by atoms with E-state index in [1.54, 1.807) is 0 Å². The van der Waals surface area contributed by atoms with Crippen LogP contribution < -0.4 is 0 Å². The van der Waals surface area contributed by atoms with Crippen molar-refractivity contribution in [3.8, 4) is 0 Å². The van der Waals surface area contributed by atoms with Crippen molar-refractivity contribution in [1.82, 2.24) is 0 Å². The Hall–Kier alpha value is -1.24. The zero-order valence-electron chi connectivity index (χ0n) is 6.66. The van der Waals surface area contributed by atoms with Gasteiger partial charge in [-0.25, -0.2) is 0 Å². The molecule has 0 bridgehead atoms. The van der Waals surface area contributed by atoms with Gasteiger partial charge in [-0.1, -0.05) is 0 Å². The molecule has 2 saturated carbocycles. The summed E-state index contributed by atoms with van der Waals surface area (Å²) >= 11 is 0. The molecule has 0 aromatic carbocycles. The number of hydrogen-bond acceptors (Lipinski definition) is 5. The first-order chi connectivity index (χ1) is 6.09. The normalized spacial score (nSPS) is 41.2. The van der Waals surface area contributed by atoms with Gasteiger partial charge in [-0.15, -0.1) is 0 Å². The molecule has 4 unspecified atom stereocenters. The summed E-state index contributed by atoms with van der Waals surface area (Å²) in [4.78, 5) is 19.6. The lowest BCUT2D eigenvalue weighted by molar-refractivity contribution is -0.506. The van der Waals surface area contributed by atoms with Crippen molar-refractivity contribution in [2.24, 2.45) is 0 Å². The van der Waals surface area contributed by atoms with E-state index in [4.69, 9.17) is 4.74 Å². The largest absolute Gasteiger partial charge is 0.360 e. The van der Waals surface area contributed by atoms with Gasteiger partial charge in [0.1, 0.15) is 12.2 Å². The highest BCUT2D eigenvalue weighted by Crippen LogP contribution is 2.37. The molecule has 4 atom stereocenters. The Balaban J connectivity index is 1.72. The molecule has 0 aliphatic heterocycles. The summed E-state index contributed by atoms with van der Waals surface area (Å²) in [5, 5.41) is 20.4. The highest BCUT2D eigenvalue weighted by Gasteiger charge is 2.58. The van der Waals surface area contributed by atoms with Crippen LogP contribution in [0.4, 0.5) is 0 Å². The number of nitro groups is 2. The second-order valence-electron chi connectivity index (χ2n) is 3.39. The molecule has 7 heteroatoms. The lowest BCUT2D eigenvalue weighted by Crippen LogP contribution is -2.14. The predicted molar refractivity (Wildman–Crippen MR) is 39.5 cm³/mol. The summed E-state index contributed by atoms with van der Waals surface area (Å²) in [6.45, 7) is 0. The van der Waals surface area contributed by atoms with E-state index >= 15 is 0 Å². The molecule has 2 aliphatic carbocycles. The average molecular weight is 188 g/mol. The third-order valence-electron chi connectivity index (χ3n) is 2.29. The van der Waals surface area contributed by atoms with Crippen molar-refractivity contribution in [3.05, 3.63) is 20.2 Å². The van der Waals surface area contributed by atoms with E-state index in [-0.39, 0.29) is 12.2 Å². The molecule has 0 N–H and O–H groups in total. The molecule has 0 saturated heterocycles. The molecule has 0 radical (unpaired) electrons. The summed E-state index contributed by atoms with van der Waals surface area (Å²) in [5.74, 6) is 0. The second kappa shape index (κ2) is 2.63. The van der Waals surface area contributed by atoms with Gasteiger partial charge in [-0.3, -0.25) is 20.2 Å². The van der Waals surface area contributed by atoms with Crippen molar-refractivity contribution in [3.63, 3.8) is 0 Å². The van der Waals surface area contributed by atoms with E-state index in [2.05, 4.69) is 0 Å². The molecule has 72 valence electrons. The zero-order chi connectivity index (χ0) is 9.59. The minimum Gasteiger partial charge on any atom is -0.360 e. The minimum atomic E-state index is -0.631. The summed E-state index contributed by atoms with van der Waals surface area (Å²) in [6.07, 6.45) is 0.0249. The van der Waals surface area contributed by atoms with Crippen LogP contribution in [0.25, 0.3) is 0 Å². The Bertz CT molecular complexity index is 242. The highest BCUT2D eigenvalue weighted by molar-refractivity contribution is 4.95.